The van der Waals surface area contributed by atoms with Gasteiger partial charge in [0.05, 0.1) is 0 Å². The van der Waals surface area contributed by atoms with Crippen molar-refractivity contribution in [3.05, 3.63) is 35.4 Å². The molecule has 0 bridgehead atoms. The van der Waals surface area contributed by atoms with Crippen LogP contribution in [0.2, 0.25) is 0 Å². The molecule has 7 nitrogen and oxygen atoms in total. The van der Waals surface area contributed by atoms with E-state index in [4.69, 9.17) is 0 Å². The van der Waals surface area contributed by atoms with Crippen LogP contribution in [-0.2, 0) is 6.54 Å². The zero-order valence-electron chi connectivity index (χ0n) is 20.0. The fourth-order valence-corrected chi connectivity index (χ4v) is 3.31. The molecule has 0 fully saturated rings. The minimum absolute atomic E-state index is 0.0407. The predicted octanol–water partition coefficient (Wildman–Crippen LogP) is 2.15. The molecule has 170 valence electrons. The molecule has 1 amide bonds. The van der Waals surface area contributed by atoms with Crippen LogP contribution in [0.5, 0.6) is 0 Å². The quantitative estimate of drug-likeness (QED) is 0.276. The van der Waals surface area contributed by atoms with E-state index in [2.05, 4.69) is 53.5 Å². The van der Waals surface area contributed by atoms with Crippen molar-refractivity contribution >= 4 is 11.9 Å². The average molecular weight is 419 g/mol. The molecule has 0 aliphatic carbocycles. The third-order valence-corrected chi connectivity index (χ3v) is 4.93. The molecule has 1 aromatic rings. The maximum Gasteiger partial charge on any atom is 0.251 e. The number of carbonyl (C=O) groups is 1. The van der Waals surface area contributed by atoms with Gasteiger partial charge in [0.2, 0.25) is 0 Å². The van der Waals surface area contributed by atoms with E-state index in [1.807, 2.05) is 43.3 Å². The lowest BCUT2D eigenvalue weighted by Gasteiger charge is -2.30. The van der Waals surface area contributed by atoms with Crippen LogP contribution in [0.25, 0.3) is 0 Å². The Balaban J connectivity index is 2.45. The van der Waals surface area contributed by atoms with Crippen molar-refractivity contribution in [1.82, 2.24) is 25.8 Å². The summed E-state index contributed by atoms with van der Waals surface area (Å²) in [6, 6.07) is 8.80. The number of guanidine groups is 1. The van der Waals surface area contributed by atoms with Crippen molar-refractivity contribution in [3.63, 3.8) is 0 Å². The molecule has 0 heterocycles. The topological polar surface area (TPSA) is 72.0 Å². The normalized spacial score (nSPS) is 12.2. The second kappa shape index (κ2) is 14.0. The van der Waals surface area contributed by atoms with E-state index in [0.29, 0.717) is 30.7 Å². The van der Waals surface area contributed by atoms with Crippen molar-refractivity contribution in [2.45, 2.75) is 52.7 Å². The summed E-state index contributed by atoms with van der Waals surface area (Å²) in [7, 11) is 5.76. The largest absolute Gasteiger partial charge is 0.356 e. The van der Waals surface area contributed by atoms with Crippen LogP contribution in [0.4, 0.5) is 0 Å². The highest BCUT2D eigenvalue weighted by Gasteiger charge is 2.12. The van der Waals surface area contributed by atoms with Gasteiger partial charge in [-0.1, -0.05) is 12.1 Å². The molecular formula is C23H42N6O. The monoisotopic (exact) mass is 418 g/mol. The van der Waals surface area contributed by atoms with Crippen LogP contribution in [0, 0.1) is 0 Å². The summed E-state index contributed by atoms with van der Waals surface area (Å²) in [5.41, 5.74) is 1.72. The Morgan fingerprint density at radius 2 is 1.70 bits per heavy atom. The van der Waals surface area contributed by atoms with Gasteiger partial charge in [-0.05, 0) is 65.9 Å². The summed E-state index contributed by atoms with van der Waals surface area (Å²) in [4.78, 5) is 21.1. The molecule has 3 N–H and O–H groups in total. The van der Waals surface area contributed by atoms with Gasteiger partial charge in [-0.25, -0.2) is 0 Å². The van der Waals surface area contributed by atoms with Crippen molar-refractivity contribution in [3.8, 4) is 0 Å². The molecule has 7 heteroatoms. The first-order valence-electron chi connectivity index (χ1n) is 11.0. The van der Waals surface area contributed by atoms with Crippen molar-refractivity contribution in [2.24, 2.45) is 4.99 Å². The van der Waals surface area contributed by atoms with Gasteiger partial charge in [-0.2, -0.15) is 0 Å². The molecule has 0 radical (unpaired) electrons. The summed E-state index contributed by atoms with van der Waals surface area (Å²) in [6.07, 6.45) is 1.06. The number of rotatable bonds is 12. The highest BCUT2D eigenvalue weighted by atomic mass is 16.1. The Kier molecular flexibility index (Phi) is 12.1. The summed E-state index contributed by atoms with van der Waals surface area (Å²) < 4.78 is 0. The van der Waals surface area contributed by atoms with E-state index in [1.54, 1.807) is 7.05 Å². The number of nitrogens with one attached hydrogen (secondary N) is 3. The van der Waals surface area contributed by atoms with Crippen LogP contribution in [0.1, 0.15) is 50.0 Å². The molecule has 0 aliphatic rings. The summed E-state index contributed by atoms with van der Waals surface area (Å²) in [5.74, 6) is 0.734. The number of hydrogen-bond acceptors (Lipinski definition) is 4. The van der Waals surface area contributed by atoms with Gasteiger partial charge in [-0.15, -0.1) is 0 Å². The number of carbonyl (C=O) groups excluding carboxylic acids is 1. The number of aliphatic imine (C=N–C) groups is 1. The molecule has 0 aliphatic heterocycles. The minimum atomic E-state index is -0.0407. The SMILES string of the molecule is CN=C(NCCCN(C(C)C)C(C)C)NCc1cccc(C(=O)NCCN(C)C)c1. The van der Waals surface area contributed by atoms with Gasteiger partial charge in [0.25, 0.3) is 5.91 Å². The molecular weight excluding hydrogens is 376 g/mol. The Labute approximate surface area is 183 Å². The molecule has 0 saturated heterocycles. The smallest absolute Gasteiger partial charge is 0.251 e. The van der Waals surface area contributed by atoms with Crippen molar-refractivity contribution in [2.75, 3.05) is 47.3 Å². The average Bonchev–Trinajstić information content (AvgIpc) is 2.69. The highest BCUT2D eigenvalue weighted by Crippen LogP contribution is 2.06. The second-order valence-corrected chi connectivity index (χ2v) is 8.39. The van der Waals surface area contributed by atoms with E-state index >= 15 is 0 Å². The first-order valence-corrected chi connectivity index (χ1v) is 11.0. The molecule has 0 aromatic heterocycles. The Hall–Kier alpha value is -2.12. The lowest BCUT2D eigenvalue weighted by molar-refractivity contribution is 0.0951. The van der Waals surface area contributed by atoms with E-state index in [9.17, 15) is 4.79 Å². The van der Waals surface area contributed by atoms with E-state index in [0.717, 1.165) is 37.6 Å². The standard InChI is InChI=1S/C23H42N6O/c1-18(2)29(19(3)4)14-9-12-26-23(24-5)27-17-20-10-8-11-21(16-20)22(30)25-13-15-28(6)7/h8,10-11,16,18-19H,9,12-15,17H2,1-7H3,(H,25,30)(H2,24,26,27). The molecule has 1 rings (SSSR count). The summed E-state index contributed by atoms with van der Waals surface area (Å²) in [5, 5.41) is 9.66. The molecule has 0 saturated carbocycles. The van der Waals surface area contributed by atoms with Gasteiger partial charge in [0.15, 0.2) is 5.96 Å². The Morgan fingerprint density at radius 3 is 2.30 bits per heavy atom. The predicted molar refractivity (Wildman–Crippen MR) is 127 cm³/mol. The second-order valence-electron chi connectivity index (χ2n) is 8.39. The van der Waals surface area contributed by atoms with Gasteiger partial charge >= 0.3 is 0 Å². The third-order valence-electron chi connectivity index (χ3n) is 4.93. The molecule has 1 aromatic carbocycles. The van der Waals surface area contributed by atoms with Crippen LogP contribution in [0.3, 0.4) is 0 Å². The number of benzene rings is 1. The zero-order chi connectivity index (χ0) is 22.5. The Bertz CT molecular complexity index is 649. The van der Waals surface area contributed by atoms with Crippen molar-refractivity contribution < 1.29 is 4.79 Å². The van der Waals surface area contributed by atoms with E-state index < -0.39 is 0 Å². The fraction of sp³-hybridized carbons (Fsp3) is 0.652. The van der Waals surface area contributed by atoms with Crippen molar-refractivity contribution in [1.29, 1.82) is 0 Å². The van der Waals surface area contributed by atoms with E-state index in [-0.39, 0.29) is 5.91 Å². The lowest BCUT2D eigenvalue weighted by Crippen LogP contribution is -2.41. The molecule has 0 atom stereocenters. The van der Waals surface area contributed by atoms with Gasteiger partial charge in [0.1, 0.15) is 0 Å². The number of amides is 1. The number of likely N-dealkylation sites (N-methyl/N-ethyl adjacent to an activating group) is 1. The summed E-state index contributed by atoms with van der Waals surface area (Å²) in [6.45, 7) is 13.0. The van der Waals surface area contributed by atoms with Gasteiger partial charge in [0, 0.05) is 57.4 Å². The van der Waals surface area contributed by atoms with Gasteiger partial charge in [-0.3, -0.25) is 14.7 Å². The zero-order valence-corrected chi connectivity index (χ0v) is 20.0. The maximum atomic E-state index is 12.3. The molecule has 0 spiro atoms. The van der Waals surface area contributed by atoms with Crippen LogP contribution in [-0.4, -0.2) is 81.1 Å². The van der Waals surface area contributed by atoms with Crippen LogP contribution in [0.15, 0.2) is 29.3 Å². The highest BCUT2D eigenvalue weighted by molar-refractivity contribution is 5.94. The lowest BCUT2D eigenvalue weighted by atomic mass is 10.1. The van der Waals surface area contributed by atoms with E-state index in [1.165, 1.54) is 0 Å². The minimum Gasteiger partial charge on any atom is -0.356 e. The first kappa shape index (κ1) is 25.9. The maximum absolute atomic E-state index is 12.3. The van der Waals surface area contributed by atoms with Gasteiger partial charge < -0.3 is 20.9 Å². The molecule has 0 unspecified atom stereocenters. The molecule has 30 heavy (non-hydrogen) atoms. The number of nitrogens with zero attached hydrogens (tertiary/aromatic N) is 3. The summed E-state index contributed by atoms with van der Waals surface area (Å²) >= 11 is 0. The number of hydrogen-bond donors (Lipinski definition) is 3. The third kappa shape index (κ3) is 10.1. The first-order chi connectivity index (χ1) is 14.2. The Morgan fingerprint density at radius 1 is 1.00 bits per heavy atom. The van der Waals surface area contributed by atoms with Crippen LogP contribution < -0.4 is 16.0 Å². The fourth-order valence-electron chi connectivity index (χ4n) is 3.31. The van der Waals surface area contributed by atoms with Crippen LogP contribution >= 0.6 is 0 Å².